The summed E-state index contributed by atoms with van der Waals surface area (Å²) in [6, 6.07) is 20.4. The molecule has 3 fully saturated rings. The van der Waals surface area contributed by atoms with Gasteiger partial charge in [-0.1, -0.05) is 72.6 Å². The Kier molecular flexibility index (Phi) is 12.8. The number of carbonyl (C=O) groups is 1. The van der Waals surface area contributed by atoms with Crippen molar-refractivity contribution in [2.45, 2.75) is 89.0 Å². The number of hydrogen-bond donors (Lipinski definition) is 2. The lowest BCUT2D eigenvalue weighted by Gasteiger charge is -2.60. The van der Waals surface area contributed by atoms with E-state index in [9.17, 15) is 15.0 Å². The molecule has 1 saturated heterocycles. The lowest BCUT2D eigenvalue weighted by molar-refractivity contribution is -0.258. The van der Waals surface area contributed by atoms with Crippen molar-refractivity contribution < 1.29 is 34.1 Å². The van der Waals surface area contributed by atoms with Crippen LogP contribution in [-0.4, -0.2) is 96.1 Å². The molecule has 0 bridgehead atoms. The summed E-state index contributed by atoms with van der Waals surface area (Å²) >= 11 is 0. The van der Waals surface area contributed by atoms with Gasteiger partial charge in [-0.3, -0.25) is 9.69 Å². The topological polar surface area (TPSA) is 113 Å². The molecule has 10 heteroatoms. The summed E-state index contributed by atoms with van der Waals surface area (Å²) in [7, 11) is 0. The first kappa shape index (κ1) is 40.6. The van der Waals surface area contributed by atoms with Crippen molar-refractivity contribution >= 4 is 22.4 Å². The van der Waals surface area contributed by atoms with Crippen LogP contribution in [0.2, 0.25) is 0 Å². The van der Waals surface area contributed by atoms with Gasteiger partial charge in [-0.05, 0) is 97.4 Å². The van der Waals surface area contributed by atoms with Crippen LogP contribution in [0.3, 0.4) is 0 Å². The lowest BCUT2D eigenvalue weighted by Crippen LogP contribution is -2.70. The highest BCUT2D eigenvalue weighted by molar-refractivity contribution is 6.03. The molecule has 5 aliphatic rings. The molecule has 10 nitrogen and oxygen atoms in total. The molecule has 6 unspecified atom stereocenters. The first-order valence-corrected chi connectivity index (χ1v) is 21.8. The van der Waals surface area contributed by atoms with Crippen LogP contribution in [0.25, 0.3) is 10.8 Å². The number of ether oxygens (including phenoxy) is 3. The van der Waals surface area contributed by atoms with Gasteiger partial charge in [-0.2, -0.15) is 0 Å². The van der Waals surface area contributed by atoms with Gasteiger partial charge in [0.25, 0.3) is 0 Å². The van der Waals surface area contributed by atoms with Crippen LogP contribution in [0, 0.1) is 23.7 Å². The highest BCUT2D eigenvalue weighted by atomic mass is 16.7. The molecule has 310 valence electrons. The Morgan fingerprint density at radius 1 is 1.03 bits per heavy atom. The number of benzene rings is 3. The minimum atomic E-state index is -1.29. The standard InChI is InChI=1S/C48H61N3O7/c1-3-27-56-48-44(51(47(54)34-18-19-34)32-36-15-11-14-33-12-5-6-16-38(33)36)31-42(49-57-4-2)40-29-35(13-7-9-25-52)39(17-8-10-26-53)45(46(40)48)41-30-37(20-21-43(41)58-48)55-28-24-50-22-23-50/h3,5-6,11-12,14-16,20-21,29-30,34-35,39,44-46,52-53H,1,4,7-10,13,17-19,22-28,31-32H2,2H3. The second-order valence-corrected chi connectivity index (χ2v) is 16.8. The molecule has 3 aromatic rings. The lowest BCUT2D eigenvalue weighted by atomic mass is 9.55. The Morgan fingerprint density at radius 2 is 1.83 bits per heavy atom. The van der Waals surface area contributed by atoms with Crippen molar-refractivity contribution in [2.24, 2.45) is 28.8 Å². The van der Waals surface area contributed by atoms with E-state index in [1.807, 2.05) is 19.1 Å². The Hall–Kier alpha value is -4.22. The van der Waals surface area contributed by atoms with Gasteiger partial charge in [0, 0.05) is 63.2 Å². The summed E-state index contributed by atoms with van der Waals surface area (Å²) in [6.45, 7) is 11.1. The largest absolute Gasteiger partial charge is 0.492 e. The highest BCUT2D eigenvalue weighted by Gasteiger charge is 2.66. The average Bonchev–Trinajstić information content (AvgIpc) is 4.19. The van der Waals surface area contributed by atoms with E-state index in [4.69, 9.17) is 24.2 Å². The number of rotatable bonds is 21. The van der Waals surface area contributed by atoms with Crippen LogP contribution >= 0.6 is 0 Å². The summed E-state index contributed by atoms with van der Waals surface area (Å²) in [4.78, 5) is 25.3. The molecule has 3 aromatic carbocycles. The number of nitrogens with zero attached hydrogens (tertiary/aromatic N) is 3. The van der Waals surface area contributed by atoms with Crippen LogP contribution < -0.4 is 9.47 Å². The second kappa shape index (κ2) is 18.4. The SMILES string of the molecule is C=CCOC12Oc3ccc(OCCN4CC4)cc3C3C(CCCCO)C(CCCCO)C=C(C(=NOCC)CC1N(Cc1cccc4ccccc14)C(=O)C1CC1)C32. The molecule has 1 amide bonds. The van der Waals surface area contributed by atoms with Crippen LogP contribution in [0.15, 0.2) is 90.1 Å². The van der Waals surface area contributed by atoms with E-state index in [0.29, 0.717) is 32.6 Å². The van der Waals surface area contributed by atoms with Gasteiger partial charge in [0.15, 0.2) is 0 Å². The molecule has 58 heavy (non-hydrogen) atoms. The predicted octanol–water partition coefficient (Wildman–Crippen LogP) is 7.63. The van der Waals surface area contributed by atoms with Gasteiger partial charge in [0.1, 0.15) is 30.8 Å². The summed E-state index contributed by atoms with van der Waals surface area (Å²) < 4.78 is 21.1. The number of unbranched alkanes of at least 4 members (excludes halogenated alkanes) is 2. The zero-order valence-electron chi connectivity index (χ0n) is 34.1. The number of oxime groups is 1. The van der Waals surface area contributed by atoms with Gasteiger partial charge < -0.3 is 34.2 Å². The van der Waals surface area contributed by atoms with Crippen molar-refractivity contribution in [3.8, 4) is 11.5 Å². The third-order valence-corrected chi connectivity index (χ3v) is 13.0. The zero-order chi connectivity index (χ0) is 40.1. The van der Waals surface area contributed by atoms with Crippen LogP contribution in [0.1, 0.15) is 81.8 Å². The Morgan fingerprint density at radius 3 is 2.59 bits per heavy atom. The zero-order valence-corrected chi connectivity index (χ0v) is 34.1. The first-order chi connectivity index (χ1) is 28.5. The van der Waals surface area contributed by atoms with Crippen molar-refractivity contribution in [2.75, 3.05) is 52.7 Å². The Labute approximate surface area is 343 Å². The van der Waals surface area contributed by atoms with Gasteiger partial charge >= 0.3 is 0 Å². The van der Waals surface area contributed by atoms with E-state index >= 15 is 0 Å². The van der Waals surface area contributed by atoms with Gasteiger partial charge in [0.05, 0.1) is 18.2 Å². The highest BCUT2D eigenvalue weighted by Crippen LogP contribution is 2.62. The minimum Gasteiger partial charge on any atom is -0.492 e. The smallest absolute Gasteiger partial charge is 0.239 e. The van der Waals surface area contributed by atoms with Gasteiger partial charge in [-0.15, -0.1) is 6.58 Å². The van der Waals surface area contributed by atoms with E-state index in [-0.39, 0.29) is 55.3 Å². The van der Waals surface area contributed by atoms with Crippen molar-refractivity contribution in [1.82, 2.24) is 9.80 Å². The molecule has 2 aliphatic heterocycles. The number of hydrogen-bond acceptors (Lipinski definition) is 9. The molecular formula is C48H61N3O7. The monoisotopic (exact) mass is 791 g/mol. The maximum atomic E-state index is 14.9. The third-order valence-electron chi connectivity index (χ3n) is 13.0. The molecule has 2 heterocycles. The molecule has 0 aromatic heterocycles. The molecule has 2 saturated carbocycles. The molecule has 3 aliphatic carbocycles. The summed E-state index contributed by atoms with van der Waals surface area (Å²) in [5.74, 6) is 0.203. The number of aliphatic hydroxyl groups excluding tert-OH is 2. The Bertz CT molecular complexity index is 1970. The average molecular weight is 792 g/mol. The van der Waals surface area contributed by atoms with Crippen LogP contribution in [-0.2, 0) is 20.9 Å². The molecule has 6 atom stereocenters. The number of amides is 1. The van der Waals surface area contributed by atoms with Crippen molar-refractivity contribution in [3.63, 3.8) is 0 Å². The fraction of sp³-hybridized carbons (Fsp3) is 0.542. The van der Waals surface area contributed by atoms with E-state index in [2.05, 4.69) is 71.0 Å². The number of fused-ring (bicyclic) bond motifs is 3. The quantitative estimate of drug-likeness (QED) is 0.0491. The summed E-state index contributed by atoms with van der Waals surface area (Å²) in [6.07, 6.45) is 11.3. The number of aliphatic hydroxyl groups is 2. The first-order valence-electron chi connectivity index (χ1n) is 21.8. The normalized spacial score (nSPS) is 26.6. The predicted molar refractivity (Wildman–Crippen MR) is 226 cm³/mol. The number of carbonyl (C=O) groups excluding carboxylic acids is 1. The van der Waals surface area contributed by atoms with E-state index in [1.165, 1.54) is 0 Å². The molecule has 8 rings (SSSR count). The van der Waals surface area contributed by atoms with Crippen molar-refractivity contribution in [3.05, 3.63) is 96.1 Å². The van der Waals surface area contributed by atoms with Crippen molar-refractivity contribution in [1.29, 1.82) is 0 Å². The Balaban J connectivity index is 1.32. The van der Waals surface area contributed by atoms with Crippen LogP contribution in [0.5, 0.6) is 11.5 Å². The molecular weight excluding hydrogens is 731 g/mol. The molecule has 0 spiro atoms. The maximum absolute atomic E-state index is 14.9. The summed E-state index contributed by atoms with van der Waals surface area (Å²) in [5.41, 5.74) is 4.02. The molecule has 2 N–H and O–H groups in total. The second-order valence-electron chi connectivity index (χ2n) is 16.8. The summed E-state index contributed by atoms with van der Waals surface area (Å²) in [5, 5.41) is 27.0. The van der Waals surface area contributed by atoms with Crippen LogP contribution in [0.4, 0.5) is 0 Å². The third kappa shape index (κ3) is 8.44. The fourth-order valence-electron chi connectivity index (χ4n) is 9.99. The fourth-order valence-corrected chi connectivity index (χ4v) is 9.99. The van der Waals surface area contributed by atoms with E-state index in [0.717, 1.165) is 109 Å². The van der Waals surface area contributed by atoms with E-state index in [1.54, 1.807) is 6.08 Å². The number of allylic oxidation sites excluding steroid dienone is 1. The van der Waals surface area contributed by atoms with Gasteiger partial charge in [0.2, 0.25) is 11.7 Å². The van der Waals surface area contributed by atoms with E-state index < -0.39 is 11.8 Å². The van der Waals surface area contributed by atoms with Gasteiger partial charge in [-0.25, -0.2) is 0 Å². The maximum Gasteiger partial charge on any atom is 0.239 e. The minimum absolute atomic E-state index is 0.0533. The molecule has 0 radical (unpaired) electrons.